The lowest BCUT2D eigenvalue weighted by Gasteiger charge is -2.12. The van der Waals surface area contributed by atoms with Crippen LogP contribution in [0.2, 0.25) is 10.0 Å². The summed E-state index contributed by atoms with van der Waals surface area (Å²) >= 11 is 11.9. The Labute approximate surface area is 492 Å². The summed E-state index contributed by atoms with van der Waals surface area (Å²) in [4.78, 5) is 57.9. The van der Waals surface area contributed by atoms with Crippen molar-refractivity contribution < 1.29 is 37.8 Å². The highest BCUT2D eigenvalue weighted by molar-refractivity contribution is 6.31. The van der Waals surface area contributed by atoms with E-state index in [9.17, 15) is 33.1 Å². The normalized spacial score (nSPS) is 13.2. The zero-order chi connectivity index (χ0) is 58.6. The molecule has 0 unspecified atom stereocenters. The minimum atomic E-state index is -0.983. The predicted octanol–water partition coefficient (Wildman–Crippen LogP) is 12.3. The summed E-state index contributed by atoms with van der Waals surface area (Å²) in [5, 5.41) is 28.2. The second kappa shape index (κ2) is 22.5. The van der Waals surface area contributed by atoms with Crippen molar-refractivity contribution in [3.8, 4) is 11.4 Å². The number of carboxylic acid groups (broad SMARTS) is 1. The lowest BCUT2D eigenvalue weighted by molar-refractivity contribution is 0.0599. The van der Waals surface area contributed by atoms with Gasteiger partial charge in [0.15, 0.2) is 23.2 Å². The maximum Gasteiger partial charge on any atom is 0.337 e. The number of methoxy groups -OCH3 is 1. The number of aryl methyl sites for hydroxylation is 2. The fraction of sp³-hybridized carbons (Fsp3) is 0.206. The number of ketones is 2. The van der Waals surface area contributed by atoms with Gasteiger partial charge in [-0.25, -0.2) is 37.7 Å². The Morgan fingerprint density at radius 3 is 1.44 bits per heavy atom. The molecule has 4 aromatic carbocycles. The number of carbonyl (C=O) groups excluding carboxylic acids is 3. The summed E-state index contributed by atoms with van der Waals surface area (Å²) in [5.74, 6) is -1.73. The van der Waals surface area contributed by atoms with Gasteiger partial charge in [-0.15, -0.1) is 10.2 Å². The number of rotatable bonds is 18. The maximum absolute atomic E-state index is 14.6. The molecule has 2 aliphatic rings. The standard InChI is InChI=1S/C32H26ClFN6O3.C31H24ClFN6O3/c1-43-32(42)20-4-7-23(8-5-20)40-24(15-22-14-21(19-2-3-19)6-10-28(22)40)16-39-17-27(36-37-39)29(41)11-9-26-31-30(34)25(33)12-13-38(31)18-35-26;32-24-11-12-37-17-34-25(30(37)29(24)33)8-10-28(40)26-16-38(36-35-26)15-23-14-21-13-20(18-1-2-18)5-9-27(21)39(23)22-6-3-19(4-7-22)31(41)42/h4-8,10,12-15,17-19H,2-3,9,11,16H2,1H3;3-7,9,11-14,16-18H,1-2,8,10,15H2,(H,41,42). The van der Waals surface area contributed by atoms with Crippen molar-refractivity contribution in [2.75, 3.05) is 7.11 Å². The third-order valence-corrected chi connectivity index (χ3v) is 16.2. The zero-order valence-electron chi connectivity index (χ0n) is 45.4. The van der Waals surface area contributed by atoms with E-state index in [-0.39, 0.29) is 75.3 Å². The van der Waals surface area contributed by atoms with E-state index in [0.29, 0.717) is 41.9 Å². The number of hydrogen-bond donors (Lipinski definition) is 1. The number of aromatic nitrogens is 12. The van der Waals surface area contributed by atoms with Gasteiger partial charge in [-0.05, 0) is 159 Å². The van der Waals surface area contributed by atoms with E-state index < -0.39 is 23.6 Å². The van der Waals surface area contributed by atoms with Crippen molar-refractivity contribution in [2.24, 2.45) is 0 Å². The van der Waals surface area contributed by atoms with Crippen molar-refractivity contribution in [3.05, 3.63) is 225 Å². The minimum absolute atomic E-state index is 0.00229. The molecule has 0 spiro atoms. The molecule has 2 aliphatic carbocycles. The van der Waals surface area contributed by atoms with Crippen LogP contribution in [0.4, 0.5) is 8.78 Å². The second-order valence-corrected chi connectivity index (χ2v) is 22.1. The topological polar surface area (TPSA) is 204 Å². The molecule has 426 valence electrons. The highest BCUT2D eigenvalue weighted by atomic mass is 35.5. The molecule has 14 rings (SSSR count). The molecule has 2 fully saturated rings. The number of hydrogen-bond acceptors (Lipinski definition) is 11. The molecule has 0 bridgehead atoms. The SMILES string of the molecule is COC(=O)c1ccc(-n2c(Cn3cc(C(=O)CCc4ncn5ccc(Cl)c(F)c45)nn3)cc3cc(C4CC4)ccc32)cc1.O=C(O)c1ccc(-n2c(Cn3cc(C(=O)CCc4ncn5ccc(Cl)c(F)c45)nn3)cc3cc(C4CC4)ccc32)cc1. The van der Waals surface area contributed by atoms with Gasteiger partial charge < -0.3 is 27.8 Å². The van der Waals surface area contributed by atoms with Gasteiger partial charge in [-0.3, -0.25) is 9.59 Å². The second-order valence-electron chi connectivity index (χ2n) is 21.3. The Morgan fingerprint density at radius 2 is 1.02 bits per heavy atom. The molecule has 12 aromatic rings. The summed E-state index contributed by atoms with van der Waals surface area (Å²) in [6, 6.07) is 34.1. The van der Waals surface area contributed by atoms with Crippen LogP contribution < -0.4 is 0 Å². The van der Waals surface area contributed by atoms with Crippen molar-refractivity contribution in [1.29, 1.82) is 0 Å². The Bertz CT molecular complexity index is 4610. The van der Waals surface area contributed by atoms with Crippen LogP contribution in [0, 0.1) is 11.6 Å². The number of benzene rings is 4. The van der Waals surface area contributed by atoms with E-state index in [4.69, 9.17) is 27.9 Å². The van der Waals surface area contributed by atoms with Crippen LogP contribution in [-0.2, 0) is 30.7 Å². The summed E-state index contributed by atoms with van der Waals surface area (Å²) in [6.07, 6.45) is 14.9. The van der Waals surface area contributed by atoms with E-state index >= 15 is 0 Å². The molecule has 0 saturated heterocycles. The summed E-state index contributed by atoms with van der Waals surface area (Å²) in [6.45, 7) is 0.700. The first kappa shape index (κ1) is 54.6. The lowest BCUT2D eigenvalue weighted by atomic mass is 10.1. The van der Waals surface area contributed by atoms with Gasteiger partial charge >= 0.3 is 11.9 Å². The number of fused-ring (bicyclic) bond motifs is 4. The molecule has 85 heavy (non-hydrogen) atoms. The van der Waals surface area contributed by atoms with Crippen LogP contribution in [0.1, 0.15) is 126 Å². The van der Waals surface area contributed by atoms with E-state index in [2.05, 4.69) is 88.3 Å². The van der Waals surface area contributed by atoms with Crippen molar-refractivity contribution >= 4 is 79.5 Å². The number of carboxylic acids is 1. The van der Waals surface area contributed by atoms with Crippen LogP contribution in [0.15, 0.2) is 147 Å². The average molecular weight is 1180 g/mol. The molecule has 0 aliphatic heterocycles. The Balaban J connectivity index is 0.000000158. The number of imidazole rings is 2. The van der Waals surface area contributed by atoms with E-state index in [1.807, 2.05) is 12.1 Å². The molecular weight excluding hydrogens is 1130 g/mol. The van der Waals surface area contributed by atoms with Crippen molar-refractivity contribution in [1.82, 2.24) is 57.9 Å². The third-order valence-electron chi connectivity index (χ3n) is 15.6. The molecule has 0 atom stereocenters. The molecule has 8 heterocycles. The van der Waals surface area contributed by atoms with Crippen LogP contribution in [0.25, 0.3) is 44.2 Å². The Kier molecular flexibility index (Phi) is 14.4. The minimum Gasteiger partial charge on any atom is -0.478 e. The fourth-order valence-corrected chi connectivity index (χ4v) is 11.3. The Morgan fingerprint density at radius 1 is 0.588 bits per heavy atom. The number of ether oxygens (including phenoxy) is 1. The van der Waals surface area contributed by atoms with Gasteiger partial charge in [0.05, 0.1) is 88.8 Å². The number of halogens is 4. The molecule has 0 amide bonds. The van der Waals surface area contributed by atoms with Crippen LogP contribution in [0.3, 0.4) is 0 Å². The summed E-state index contributed by atoms with van der Waals surface area (Å²) in [7, 11) is 1.36. The number of esters is 1. The zero-order valence-corrected chi connectivity index (χ0v) is 47.0. The molecule has 8 aromatic heterocycles. The fourth-order valence-electron chi connectivity index (χ4n) is 11.0. The number of aromatic carboxylic acids is 1. The number of pyridine rings is 2. The highest BCUT2D eigenvalue weighted by Gasteiger charge is 2.27. The largest absolute Gasteiger partial charge is 0.478 e. The smallest absolute Gasteiger partial charge is 0.337 e. The van der Waals surface area contributed by atoms with Gasteiger partial charge in [0.25, 0.3) is 0 Å². The Hall–Kier alpha value is -9.66. The van der Waals surface area contributed by atoms with Gasteiger partial charge in [0.2, 0.25) is 0 Å². The highest BCUT2D eigenvalue weighted by Crippen LogP contribution is 2.43. The van der Waals surface area contributed by atoms with Crippen LogP contribution >= 0.6 is 23.2 Å². The first-order valence-corrected chi connectivity index (χ1v) is 28.3. The molecular formula is C63H50Cl2F2N12O6. The van der Waals surface area contributed by atoms with E-state index in [1.54, 1.807) is 79.4 Å². The first-order valence-electron chi connectivity index (χ1n) is 27.5. The van der Waals surface area contributed by atoms with Gasteiger partial charge in [-0.1, -0.05) is 45.8 Å². The molecule has 22 heteroatoms. The third kappa shape index (κ3) is 11.0. The molecule has 0 radical (unpaired) electrons. The molecule has 2 saturated carbocycles. The monoisotopic (exact) mass is 1180 g/mol. The van der Waals surface area contributed by atoms with Crippen LogP contribution in [0.5, 0.6) is 0 Å². The van der Waals surface area contributed by atoms with E-state index in [0.717, 1.165) is 44.6 Å². The molecule has 18 nitrogen and oxygen atoms in total. The number of Topliss-reactive ketones (excluding diaryl/α,β-unsaturated/α-hetero) is 2. The van der Waals surface area contributed by atoms with Crippen LogP contribution in [-0.4, -0.2) is 93.6 Å². The summed E-state index contributed by atoms with van der Waals surface area (Å²) in [5.41, 5.74) is 10.7. The maximum atomic E-state index is 14.6. The van der Waals surface area contributed by atoms with E-state index in [1.165, 1.54) is 68.7 Å². The number of carbonyl (C=O) groups is 4. The number of nitrogens with zero attached hydrogens (tertiary/aromatic N) is 12. The van der Waals surface area contributed by atoms with Gasteiger partial charge in [-0.2, -0.15) is 0 Å². The first-order chi connectivity index (χ1) is 41.2. The van der Waals surface area contributed by atoms with Gasteiger partial charge in [0, 0.05) is 58.8 Å². The lowest BCUT2D eigenvalue weighted by Crippen LogP contribution is -2.08. The quantitative estimate of drug-likeness (QED) is 0.0630. The molecule has 1 N–H and O–H groups in total. The predicted molar refractivity (Wildman–Crippen MR) is 313 cm³/mol. The van der Waals surface area contributed by atoms with Crippen molar-refractivity contribution in [2.45, 2.75) is 76.3 Å². The summed E-state index contributed by atoms with van der Waals surface area (Å²) < 4.78 is 44.5. The van der Waals surface area contributed by atoms with Gasteiger partial charge in [0.1, 0.15) is 22.4 Å². The van der Waals surface area contributed by atoms with Crippen molar-refractivity contribution in [3.63, 3.8) is 0 Å². The average Bonchev–Trinajstić information content (AvgIpc) is 4.18.